The number of benzene rings is 1. The number of carbonyl (C=O) groups is 1. The van der Waals surface area contributed by atoms with Crippen molar-refractivity contribution in [2.24, 2.45) is 0 Å². The second kappa shape index (κ2) is 6.84. The second-order valence-corrected chi connectivity index (χ2v) is 9.81. The van der Waals surface area contributed by atoms with Gasteiger partial charge in [-0.2, -0.15) is 0 Å². The minimum atomic E-state index is -0.174. The van der Waals surface area contributed by atoms with E-state index in [9.17, 15) is 4.79 Å². The Labute approximate surface area is 151 Å². The highest BCUT2D eigenvalue weighted by molar-refractivity contribution is 8.02. The van der Waals surface area contributed by atoms with Crippen LogP contribution >= 0.6 is 23.1 Å². The molecule has 1 saturated carbocycles. The number of carbonyl (C=O) groups excluding carboxylic acids is 1. The van der Waals surface area contributed by atoms with E-state index in [0.29, 0.717) is 6.04 Å². The molecule has 0 radical (unpaired) electrons. The van der Waals surface area contributed by atoms with Gasteiger partial charge in [0.25, 0.3) is 0 Å². The van der Waals surface area contributed by atoms with Crippen molar-refractivity contribution in [2.45, 2.75) is 61.6 Å². The van der Waals surface area contributed by atoms with Crippen LogP contribution < -0.4 is 5.32 Å². The van der Waals surface area contributed by atoms with E-state index >= 15 is 0 Å². The minimum absolute atomic E-state index is 0.0967. The molecule has 2 aromatic rings. The van der Waals surface area contributed by atoms with Gasteiger partial charge >= 0.3 is 0 Å². The van der Waals surface area contributed by atoms with Crippen LogP contribution in [0.3, 0.4) is 0 Å². The SMILES string of the molecule is CC(Sc1nnc(NC2CC2)s1)C(=O)c1ccc(C(C)(C)C)cc1. The first kappa shape index (κ1) is 17.4. The number of thioether (sulfide) groups is 1. The smallest absolute Gasteiger partial charge is 0.206 e. The van der Waals surface area contributed by atoms with E-state index in [1.807, 2.05) is 31.2 Å². The Morgan fingerprint density at radius 3 is 2.50 bits per heavy atom. The number of rotatable bonds is 6. The number of ketones is 1. The zero-order valence-corrected chi connectivity index (χ0v) is 16.1. The van der Waals surface area contributed by atoms with Gasteiger partial charge in [0.15, 0.2) is 10.1 Å². The van der Waals surface area contributed by atoms with Crippen LogP contribution in [0.1, 0.15) is 56.5 Å². The number of hydrogen-bond acceptors (Lipinski definition) is 6. The largest absolute Gasteiger partial charge is 0.357 e. The average Bonchev–Trinajstić information content (AvgIpc) is 3.24. The second-order valence-electron chi connectivity index (χ2n) is 7.24. The lowest BCUT2D eigenvalue weighted by atomic mass is 9.86. The Hall–Kier alpha value is -1.40. The maximum absolute atomic E-state index is 12.6. The van der Waals surface area contributed by atoms with Crippen molar-refractivity contribution in [1.29, 1.82) is 0 Å². The molecule has 1 aromatic carbocycles. The van der Waals surface area contributed by atoms with E-state index in [1.54, 1.807) is 0 Å². The maximum atomic E-state index is 12.6. The van der Waals surface area contributed by atoms with Crippen LogP contribution in [-0.2, 0) is 5.41 Å². The number of nitrogens with zero attached hydrogens (tertiary/aromatic N) is 2. The number of Topliss-reactive ketones (excluding diaryl/α,β-unsaturated/α-hetero) is 1. The summed E-state index contributed by atoms with van der Waals surface area (Å²) in [6.07, 6.45) is 2.42. The van der Waals surface area contributed by atoms with Crippen molar-refractivity contribution in [2.75, 3.05) is 5.32 Å². The fourth-order valence-corrected chi connectivity index (χ4v) is 4.34. The van der Waals surface area contributed by atoms with Crippen LogP contribution in [0.15, 0.2) is 28.6 Å². The van der Waals surface area contributed by atoms with Crippen molar-refractivity contribution in [3.63, 3.8) is 0 Å². The summed E-state index contributed by atoms with van der Waals surface area (Å²) in [4.78, 5) is 12.6. The summed E-state index contributed by atoms with van der Waals surface area (Å²) < 4.78 is 0.838. The van der Waals surface area contributed by atoms with Crippen LogP contribution in [-0.4, -0.2) is 27.3 Å². The van der Waals surface area contributed by atoms with E-state index in [-0.39, 0.29) is 16.4 Å². The van der Waals surface area contributed by atoms with Gasteiger partial charge in [0.1, 0.15) is 0 Å². The van der Waals surface area contributed by atoms with Gasteiger partial charge in [-0.3, -0.25) is 4.79 Å². The molecule has 3 rings (SSSR count). The molecule has 0 amide bonds. The average molecular weight is 362 g/mol. The molecule has 128 valence electrons. The quantitative estimate of drug-likeness (QED) is 0.593. The van der Waals surface area contributed by atoms with Crippen molar-refractivity contribution >= 4 is 34.0 Å². The zero-order valence-electron chi connectivity index (χ0n) is 14.5. The van der Waals surface area contributed by atoms with Crippen molar-refractivity contribution in [3.05, 3.63) is 35.4 Å². The van der Waals surface area contributed by atoms with Crippen LogP contribution in [0, 0.1) is 0 Å². The number of nitrogens with one attached hydrogen (secondary N) is 1. The maximum Gasteiger partial charge on any atom is 0.206 e. The third-order valence-electron chi connectivity index (χ3n) is 3.99. The molecular formula is C18H23N3OS2. The summed E-state index contributed by atoms with van der Waals surface area (Å²) in [5.74, 6) is 0.132. The molecule has 0 saturated heterocycles. The van der Waals surface area contributed by atoms with Gasteiger partial charge in [-0.25, -0.2) is 0 Å². The molecule has 1 aromatic heterocycles. The lowest BCUT2D eigenvalue weighted by molar-refractivity contribution is 0.0994. The monoisotopic (exact) mass is 361 g/mol. The first-order valence-electron chi connectivity index (χ1n) is 8.24. The lowest BCUT2D eigenvalue weighted by Crippen LogP contribution is -2.15. The summed E-state index contributed by atoms with van der Waals surface area (Å²) in [6, 6.07) is 8.53. The Balaban J connectivity index is 1.62. The first-order chi connectivity index (χ1) is 11.3. The molecule has 0 aliphatic heterocycles. The van der Waals surface area contributed by atoms with E-state index in [1.165, 1.54) is 41.5 Å². The van der Waals surface area contributed by atoms with E-state index in [0.717, 1.165) is 15.0 Å². The van der Waals surface area contributed by atoms with E-state index in [4.69, 9.17) is 0 Å². The van der Waals surface area contributed by atoms with Gasteiger partial charge in [0, 0.05) is 11.6 Å². The molecule has 4 nitrogen and oxygen atoms in total. The summed E-state index contributed by atoms with van der Waals surface area (Å²) in [7, 11) is 0. The standard InChI is InChI=1S/C18H23N3OS2/c1-11(23-17-21-20-16(24-17)19-14-9-10-14)15(22)12-5-7-13(8-6-12)18(2,3)4/h5-8,11,14H,9-10H2,1-4H3,(H,19,20). The first-order valence-corrected chi connectivity index (χ1v) is 9.94. The normalized spacial score (nSPS) is 16.0. The number of anilines is 1. The molecule has 0 spiro atoms. The summed E-state index contributed by atoms with van der Waals surface area (Å²) in [6.45, 7) is 8.45. The van der Waals surface area contributed by atoms with Gasteiger partial charge < -0.3 is 5.32 Å². The Bertz CT molecular complexity index is 715. The molecule has 1 heterocycles. The molecule has 0 bridgehead atoms. The molecule has 6 heteroatoms. The predicted molar refractivity (Wildman–Crippen MR) is 101 cm³/mol. The molecule has 1 N–H and O–H groups in total. The van der Waals surface area contributed by atoms with Crippen LogP contribution in [0.25, 0.3) is 0 Å². The minimum Gasteiger partial charge on any atom is -0.357 e. The highest BCUT2D eigenvalue weighted by Gasteiger charge is 2.24. The van der Waals surface area contributed by atoms with Gasteiger partial charge in [0.2, 0.25) is 5.13 Å². The molecular weight excluding hydrogens is 338 g/mol. The van der Waals surface area contributed by atoms with E-state index in [2.05, 4.69) is 36.3 Å². The third kappa shape index (κ3) is 4.36. The molecule has 1 atom stereocenters. The predicted octanol–water partition coefficient (Wildman–Crippen LogP) is 4.77. The molecule has 1 aliphatic rings. The highest BCUT2D eigenvalue weighted by Crippen LogP contribution is 2.33. The Kier molecular flexibility index (Phi) is 4.97. The molecule has 1 aliphatic carbocycles. The van der Waals surface area contributed by atoms with Gasteiger partial charge in [-0.15, -0.1) is 10.2 Å². The van der Waals surface area contributed by atoms with Gasteiger partial charge in [-0.1, -0.05) is 68.1 Å². The van der Waals surface area contributed by atoms with Crippen LogP contribution in [0.2, 0.25) is 0 Å². The molecule has 24 heavy (non-hydrogen) atoms. The third-order valence-corrected chi connectivity index (χ3v) is 6.03. The molecule has 1 fully saturated rings. The number of hydrogen-bond donors (Lipinski definition) is 1. The fourth-order valence-electron chi connectivity index (χ4n) is 2.29. The van der Waals surface area contributed by atoms with E-state index < -0.39 is 0 Å². The summed E-state index contributed by atoms with van der Waals surface area (Å²) in [5.41, 5.74) is 2.09. The van der Waals surface area contributed by atoms with Crippen molar-refractivity contribution in [3.8, 4) is 0 Å². The topological polar surface area (TPSA) is 54.9 Å². The zero-order chi connectivity index (χ0) is 17.3. The Morgan fingerprint density at radius 1 is 1.25 bits per heavy atom. The molecule has 1 unspecified atom stereocenters. The fraction of sp³-hybridized carbons (Fsp3) is 0.500. The van der Waals surface area contributed by atoms with Crippen LogP contribution in [0.5, 0.6) is 0 Å². The summed E-state index contributed by atoms with van der Waals surface area (Å²) >= 11 is 3.01. The lowest BCUT2D eigenvalue weighted by Gasteiger charge is -2.19. The van der Waals surface area contributed by atoms with Crippen LogP contribution in [0.4, 0.5) is 5.13 Å². The van der Waals surface area contributed by atoms with Crippen molar-refractivity contribution < 1.29 is 4.79 Å². The van der Waals surface area contributed by atoms with Gasteiger partial charge in [-0.05, 0) is 30.7 Å². The number of aromatic nitrogens is 2. The highest BCUT2D eigenvalue weighted by atomic mass is 32.2. The van der Waals surface area contributed by atoms with Crippen molar-refractivity contribution in [1.82, 2.24) is 10.2 Å². The van der Waals surface area contributed by atoms with Gasteiger partial charge in [0.05, 0.1) is 5.25 Å². The summed E-state index contributed by atoms with van der Waals surface area (Å²) in [5, 5.41) is 12.3. The Morgan fingerprint density at radius 2 is 1.92 bits per heavy atom.